The molecule has 0 radical (unpaired) electrons. The molecule has 0 amide bonds. The molecule has 0 atom stereocenters. The molecule has 1 saturated heterocycles. The number of likely N-dealkylation sites (tertiary alicyclic amines) is 1. The summed E-state index contributed by atoms with van der Waals surface area (Å²) in [6.07, 6.45) is 6.52. The van der Waals surface area contributed by atoms with Crippen molar-refractivity contribution < 1.29 is 4.74 Å². The third kappa shape index (κ3) is 4.58. The lowest BCUT2D eigenvalue weighted by atomic mass is 9.96. The zero-order valence-electron chi connectivity index (χ0n) is 12.8. The number of ether oxygens (including phenoxy) is 1. The van der Waals surface area contributed by atoms with Crippen LogP contribution in [0.15, 0.2) is 12.5 Å². The van der Waals surface area contributed by atoms with E-state index < -0.39 is 0 Å². The van der Waals surface area contributed by atoms with E-state index in [1.807, 2.05) is 12.5 Å². The van der Waals surface area contributed by atoms with E-state index in [4.69, 9.17) is 4.74 Å². The average Bonchev–Trinajstić information content (AvgIpc) is 2.92. The predicted octanol–water partition coefficient (Wildman–Crippen LogP) is 1.35. The van der Waals surface area contributed by atoms with E-state index in [-0.39, 0.29) is 0 Å². The zero-order valence-corrected chi connectivity index (χ0v) is 12.8. The van der Waals surface area contributed by atoms with Crippen LogP contribution in [0.5, 0.6) is 0 Å². The van der Waals surface area contributed by atoms with Crippen molar-refractivity contribution in [3.05, 3.63) is 18.2 Å². The molecule has 0 spiro atoms. The molecule has 1 aromatic rings. The summed E-state index contributed by atoms with van der Waals surface area (Å²) >= 11 is 0. The largest absolute Gasteiger partial charge is 0.383 e. The molecule has 2 rings (SSSR count). The Morgan fingerprint density at radius 2 is 2.20 bits per heavy atom. The first kappa shape index (κ1) is 15.5. The van der Waals surface area contributed by atoms with E-state index in [1.54, 1.807) is 7.11 Å². The summed E-state index contributed by atoms with van der Waals surface area (Å²) in [5, 5.41) is 3.48. The number of nitrogens with zero attached hydrogens (tertiary/aromatic N) is 3. The summed E-state index contributed by atoms with van der Waals surface area (Å²) in [7, 11) is 1.75. The van der Waals surface area contributed by atoms with Crippen molar-refractivity contribution >= 4 is 0 Å². The number of imidazole rings is 1. The summed E-state index contributed by atoms with van der Waals surface area (Å²) in [6, 6.07) is 0. The molecule has 0 saturated carbocycles. The van der Waals surface area contributed by atoms with Crippen LogP contribution in [-0.4, -0.2) is 54.3 Å². The van der Waals surface area contributed by atoms with Gasteiger partial charge in [0.05, 0.1) is 18.6 Å². The van der Waals surface area contributed by atoms with E-state index in [1.165, 1.54) is 31.6 Å². The minimum Gasteiger partial charge on any atom is -0.383 e. The van der Waals surface area contributed by atoms with Crippen molar-refractivity contribution in [2.24, 2.45) is 5.92 Å². The summed E-state index contributed by atoms with van der Waals surface area (Å²) in [6.45, 7) is 9.52. The standard InChI is InChI=1S/C15H28N4O/c1-3-19-13-17-11-15(19)12-18-7-4-14(5-8-18)10-16-6-9-20-2/h11,13-14,16H,3-10,12H2,1-2H3. The van der Waals surface area contributed by atoms with Gasteiger partial charge in [-0.3, -0.25) is 4.90 Å². The maximum absolute atomic E-state index is 5.05. The maximum atomic E-state index is 5.05. The van der Waals surface area contributed by atoms with E-state index in [0.29, 0.717) is 0 Å². The fraction of sp³-hybridized carbons (Fsp3) is 0.800. The summed E-state index contributed by atoms with van der Waals surface area (Å²) < 4.78 is 7.28. The van der Waals surface area contributed by atoms with E-state index in [9.17, 15) is 0 Å². The van der Waals surface area contributed by atoms with Gasteiger partial charge in [0.1, 0.15) is 0 Å². The van der Waals surface area contributed by atoms with Crippen LogP contribution in [0.1, 0.15) is 25.5 Å². The molecule has 1 fully saturated rings. The average molecular weight is 280 g/mol. The lowest BCUT2D eigenvalue weighted by Gasteiger charge is -2.32. The Morgan fingerprint density at radius 3 is 2.90 bits per heavy atom. The molecule has 0 aromatic carbocycles. The Balaban J connectivity index is 1.66. The Bertz CT molecular complexity index is 372. The Labute approximate surface area is 122 Å². The van der Waals surface area contributed by atoms with Crippen LogP contribution in [0.3, 0.4) is 0 Å². The third-order valence-electron chi connectivity index (χ3n) is 4.15. The second kappa shape index (κ2) is 8.39. The number of hydrogen-bond acceptors (Lipinski definition) is 4. The normalized spacial score (nSPS) is 17.7. The Kier molecular flexibility index (Phi) is 6.50. The molecule has 0 aliphatic carbocycles. The van der Waals surface area contributed by atoms with Crippen LogP contribution < -0.4 is 5.32 Å². The second-order valence-electron chi connectivity index (χ2n) is 5.59. The molecule has 1 N–H and O–H groups in total. The van der Waals surface area contributed by atoms with Crippen molar-refractivity contribution in [3.8, 4) is 0 Å². The minimum atomic E-state index is 0.805. The van der Waals surface area contributed by atoms with Gasteiger partial charge in [0.15, 0.2) is 0 Å². The van der Waals surface area contributed by atoms with Crippen LogP contribution in [0.4, 0.5) is 0 Å². The number of aromatic nitrogens is 2. The van der Waals surface area contributed by atoms with Crippen LogP contribution in [0.2, 0.25) is 0 Å². The van der Waals surface area contributed by atoms with E-state index in [0.717, 1.165) is 38.7 Å². The topological polar surface area (TPSA) is 42.3 Å². The first-order valence-corrected chi connectivity index (χ1v) is 7.74. The molecule has 5 nitrogen and oxygen atoms in total. The third-order valence-corrected chi connectivity index (χ3v) is 4.15. The molecule has 0 bridgehead atoms. The molecule has 1 aromatic heterocycles. The highest BCUT2D eigenvalue weighted by Crippen LogP contribution is 2.18. The summed E-state index contributed by atoms with van der Waals surface area (Å²) in [4.78, 5) is 6.80. The second-order valence-corrected chi connectivity index (χ2v) is 5.59. The highest BCUT2D eigenvalue weighted by atomic mass is 16.5. The molecule has 114 valence electrons. The van der Waals surface area contributed by atoms with Crippen LogP contribution >= 0.6 is 0 Å². The van der Waals surface area contributed by atoms with Gasteiger partial charge in [-0.1, -0.05) is 0 Å². The lowest BCUT2D eigenvalue weighted by Crippen LogP contribution is -2.37. The number of methoxy groups -OCH3 is 1. The van der Waals surface area contributed by atoms with E-state index in [2.05, 4.69) is 26.7 Å². The van der Waals surface area contributed by atoms with Gasteiger partial charge in [-0.15, -0.1) is 0 Å². The SMILES string of the molecule is CCn1cncc1CN1CCC(CNCCOC)CC1. The summed E-state index contributed by atoms with van der Waals surface area (Å²) in [5.74, 6) is 0.819. The maximum Gasteiger partial charge on any atom is 0.0948 e. The zero-order chi connectivity index (χ0) is 14.2. The van der Waals surface area contributed by atoms with Gasteiger partial charge < -0.3 is 14.6 Å². The minimum absolute atomic E-state index is 0.805. The Hall–Kier alpha value is -0.910. The molecule has 0 unspecified atom stereocenters. The van der Waals surface area contributed by atoms with Gasteiger partial charge >= 0.3 is 0 Å². The molecule has 2 heterocycles. The number of rotatable bonds is 8. The first-order chi connectivity index (χ1) is 9.83. The molecule has 5 heteroatoms. The fourth-order valence-electron chi connectivity index (χ4n) is 2.82. The lowest BCUT2D eigenvalue weighted by molar-refractivity contribution is 0.165. The van der Waals surface area contributed by atoms with Gasteiger partial charge in [0.2, 0.25) is 0 Å². The molecule has 1 aliphatic heterocycles. The van der Waals surface area contributed by atoms with Crippen molar-refractivity contribution in [3.63, 3.8) is 0 Å². The predicted molar refractivity (Wildman–Crippen MR) is 80.6 cm³/mol. The summed E-state index contributed by atoms with van der Waals surface area (Å²) in [5.41, 5.74) is 1.34. The highest BCUT2D eigenvalue weighted by Gasteiger charge is 2.19. The molecule has 1 aliphatic rings. The smallest absolute Gasteiger partial charge is 0.0948 e. The van der Waals surface area contributed by atoms with Gasteiger partial charge in [-0.25, -0.2) is 4.98 Å². The van der Waals surface area contributed by atoms with Crippen molar-refractivity contribution in [1.82, 2.24) is 19.8 Å². The van der Waals surface area contributed by atoms with Gasteiger partial charge in [-0.2, -0.15) is 0 Å². The van der Waals surface area contributed by atoms with Crippen LogP contribution in [0, 0.1) is 5.92 Å². The van der Waals surface area contributed by atoms with Crippen molar-refractivity contribution in [1.29, 1.82) is 0 Å². The number of hydrogen-bond donors (Lipinski definition) is 1. The highest BCUT2D eigenvalue weighted by molar-refractivity contribution is 4.98. The number of aryl methyl sites for hydroxylation is 1. The van der Waals surface area contributed by atoms with E-state index >= 15 is 0 Å². The van der Waals surface area contributed by atoms with Crippen molar-refractivity contribution in [2.75, 3.05) is 39.9 Å². The van der Waals surface area contributed by atoms with Crippen LogP contribution in [-0.2, 0) is 17.8 Å². The number of nitrogens with one attached hydrogen (secondary N) is 1. The van der Waals surface area contributed by atoms with Crippen LogP contribution in [0.25, 0.3) is 0 Å². The first-order valence-electron chi connectivity index (χ1n) is 7.74. The van der Waals surface area contributed by atoms with Crippen molar-refractivity contribution in [2.45, 2.75) is 32.9 Å². The number of piperidine rings is 1. The fourth-order valence-corrected chi connectivity index (χ4v) is 2.82. The van der Waals surface area contributed by atoms with Gasteiger partial charge in [0, 0.05) is 32.9 Å². The quantitative estimate of drug-likeness (QED) is 0.730. The molecular weight excluding hydrogens is 252 g/mol. The Morgan fingerprint density at radius 1 is 1.40 bits per heavy atom. The van der Waals surface area contributed by atoms with Gasteiger partial charge in [-0.05, 0) is 45.3 Å². The van der Waals surface area contributed by atoms with Gasteiger partial charge in [0.25, 0.3) is 0 Å². The molecular formula is C15H28N4O. The molecule has 20 heavy (non-hydrogen) atoms. The monoisotopic (exact) mass is 280 g/mol.